The number of nitrogen functional groups attached to an aromatic ring is 1. The molecule has 0 atom stereocenters. The van der Waals surface area contributed by atoms with Crippen LogP contribution in [-0.2, 0) is 16.5 Å². The first-order chi connectivity index (χ1) is 4.20. The van der Waals surface area contributed by atoms with E-state index in [1.807, 2.05) is 0 Å². The zero-order chi connectivity index (χ0) is 6.85. The molecular weight excluding hydrogens is 196 g/mol. The van der Waals surface area contributed by atoms with E-state index in [-0.39, 0.29) is 22.3 Å². The quantitative estimate of drug-likeness (QED) is 0.373. The van der Waals surface area contributed by atoms with Crippen molar-refractivity contribution in [1.29, 1.82) is 0 Å². The third-order valence-electron chi connectivity index (χ3n) is 0.992. The van der Waals surface area contributed by atoms with Crippen LogP contribution in [0.25, 0.3) is 0 Å². The summed E-state index contributed by atoms with van der Waals surface area (Å²) in [7, 11) is 0. The van der Waals surface area contributed by atoms with E-state index >= 15 is 0 Å². The van der Waals surface area contributed by atoms with Crippen molar-refractivity contribution in [1.82, 2.24) is 0 Å². The van der Waals surface area contributed by atoms with Crippen molar-refractivity contribution in [3.8, 4) is 0 Å². The van der Waals surface area contributed by atoms with Gasteiger partial charge in [-0.2, -0.15) is 0 Å². The van der Waals surface area contributed by atoms with Crippen molar-refractivity contribution >= 4 is 18.3 Å². The van der Waals surface area contributed by atoms with Crippen molar-refractivity contribution < 1.29 is 20.9 Å². The normalized spacial score (nSPS) is 8.60. The molecule has 0 aliphatic carbocycles. The Bertz CT molecular complexity index is 229. The number of hydrogen-bond donors (Lipinski definition) is 2. The van der Waals surface area contributed by atoms with Crippen LogP contribution in [0.15, 0.2) is 23.1 Å². The number of anilines is 1. The summed E-state index contributed by atoms with van der Waals surface area (Å²) in [5.41, 5.74) is 5.85. The molecule has 0 unspecified atom stereocenters. The third-order valence-corrected chi connectivity index (χ3v) is 1.38. The standard InChI is InChI=1S/C6H6FNS.Ni/c7-4-1-2-5(8)6(9)3-4;/h1-3,9H,8H2;. The molecular formula is C6H6FNNiS. The fraction of sp³-hybridized carbons (Fsp3) is 0. The largest absolute Gasteiger partial charge is 0.398 e. The van der Waals surface area contributed by atoms with Gasteiger partial charge in [0.15, 0.2) is 0 Å². The summed E-state index contributed by atoms with van der Waals surface area (Å²) in [5, 5.41) is 0. The first kappa shape index (κ1) is 9.79. The molecule has 1 aromatic carbocycles. The van der Waals surface area contributed by atoms with Gasteiger partial charge in [0.05, 0.1) is 0 Å². The van der Waals surface area contributed by atoms with E-state index in [0.29, 0.717) is 10.6 Å². The topological polar surface area (TPSA) is 26.0 Å². The van der Waals surface area contributed by atoms with Gasteiger partial charge in [0, 0.05) is 27.1 Å². The average Bonchev–Trinajstić information content (AvgIpc) is 1.80. The fourth-order valence-electron chi connectivity index (χ4n) is 0.517. The zero-order valence-corrected chi connectivity index (χ0v) is 6.83. The minimum atomic E-state index is -0.311. The van der Waals surface area contributed by atoms with Gasteiger partial charge in [0.2, 0.25) is 0 Å². The molecule has 1 rings (SSSR count). The molecule has 1 aromatic rings. The Morgan fingerprint density at radius 3 is 2.40 bits per heavy atom. The minimum absolute atomic E-state index is 0. The van der Waals surface area contributed by atoms with Gasteiger partial charge < -0.3 is 5.73 Å². The van der Waals surface area contributed by atoms with Gasteiger partial charge in [-0.3, -0.25) is 0 Å². The predicted octanol–water partition coefficient (Wildman–Crippen LogP) is 1.69. The van der Waals surface area contributed by atoms with Crippen molar-refractivity contribution in [2.24, 2.45) is 0 Å². The molecule has 4 heteroatoms. The number of rotatable bonds is 0. The maximum absolute atomic E-state index is 12.2. The fourth-order valence-corrected chi connectivity index (χ4v) is 0.715. The maximum atomic E-state index is 12.2. The van der Waals surface area contributed by atoms with Gasteiger partial charge in [-0.05, 0) is 18.2 Å². The van der Waals surface area contributed by atoms with Crippen LogP contribution in [0.1, 0.15) is 0 Å². The monoisotopic (exact) mass is 201 g/mol. The second kappa shape index (κ2) is 3.84. The van der Waals surface area contributed by atoms with Crippen LogP contribution in [0.3, 0.4) is 0 Å². The Kier molecular flexibility index (Phi) is 3.76. The van der Waals surface area contributed by atoms with Crippen LogP contribution in [0.5, 0.6) is 0 Å². The van der Waals surface area contributed by atoms with Crippen molar-refractivity contribution in [2.75, 3.05) is 5.73 Å². The SMILES string of the molecule is Nc1ccc(F)cc1S.[Ni]. The number of hydrogen-bond acceptors (Lipinski definition) is 2. The molecule has 0 bridgehead atoms. The van der Waals surface area contributed by atoms with Gasteiger partial charge in [0.1, 0.15) is 5.82 Å². The van der Waals surface area contributed by atoms with Gasteiger partial charge in [-0.15, -0.1) is 12.6 Å². The summed E-state index contributed by atoms with van der Waals surface area (Å²) in [4.78, 5) is 0.481. The molecule has 0 heterocycles. The maximum Gasteiger partial charge on any atom is 0.124 e. The Hall–Kier alpha value is -0.206. The van der Waals surface area contributed by atoms with Gasteiger partial charge in [-0.1, -0.05) is 0 Å². The second-order valence-corrected chi connectivity index (χ2v) is 2.18. The van der Waals surface area contributed by atoms with Crippen LogP contribution >= 0.6 is 12.6 Å². The van der Waals surface area contributed by atoms with Gasteiger partial charge >= 0.3 is 0 Å². The van der Waals surface area contributed by atoms with E-state index in [9.17, 15) is 4.39 Å². The molecule has 0 aliphatic heterocycles. The van der Waals surface area contributed by atoms with Crippen LogP contribution in [0.2, 0.25) is 0 Å². The number of benzene rings is 1. The summed E-state index contributed by atoms with van der Waals surface area (Å²) >= 11 is 3.90. The van der Waals surface area contributed by atoms with Crippen LogP contribution < -0.4 is 5.73 Å². The Morgan fingerprint density at radius 1 is 1.40 bits per heavy atom. The molecule has 0 aliphatic rings. The Morgan fingerprint density at radius 2 is 2.00 bits per heavy atom. The summed E-state index contributed by atoms with van der Waals surface area (Å²) < 4.78 is 12.2. The first-order valence-corrected chi connectivity index (χ1v) is 2.89. The number of halogens is 1. The zero-order valence-electron chi connectivity index (χ0n) is 4.95. The van der Waals surface area contributed by atoms with Crippen molar-refractivity contribution in [3.63, 3.8) is 0 Å². The molecule has 58 valence electrons. The molecule has 0 amide bonds. The molecule has 0 radical (unpaired) electrons. The smallest absolute Gasteiger partial charge is 0.124 e. The van der Waals surface area contributed by atoms with Gasteiger partial charge in [-0.25, -0.2) is 4.39 Å². The molecule has 0 fully saturated rings. The van der Waals surface area contributed by atoms with E-state index < -0.39 is 0 Å². The van der Waals surface area contributed by atoms with E-state index in [4.69, 9.17) is 5.73 Å². The first-order valence-electron chi connectivity index (χ1n) is 2.44. The second-order valence-electron chi connectivity index (χ2n) is 1.70. The van der Waals surface area contributed by atoms with Crippen LogP contribution in [0.4, 0.5) is 10.1 Å². The van der Waals surface area contributed by atoms with E-state index in [0.717, 1.165) is 0 Å². The molecule has 1 nitrogen and oxygen atoms in total. The van der Waals surface area contributed by atoms with Crippen LogP contribution in [0, 0.1) is 5.82 Å². The van der Waals surface area contributed by atoms with E-state index in [1.165, 1.54) is 18.2 Å². The Balaban J connectivity index is 0.000000810. The van der Waals surface area contributed by atoms with Crippen molar-refractivity contribution in [2.45, 2.75) is 4.90 Å². The molecule has 0 saturated heterocycles. The van der Waals surface area contributed by atoms with Crippen LogP contribution in [-0.4, -0.2) is 0 Å². The summed E-state index contributed by atoms with van der Waals surface area (Å²) in [6.45, 7) is 0. The summed E-state index contributed by atoms with van der Waals surface area (Å²) in [5.74, 6) is -0.311. The molecule has 10 heavy (non-hydrogen) atoms. The molecule has 0 saturated carbocycles. The molecule has 0 aromatic heterocycles. The number of nitrogens with two attached hydrogens (primary N) is 1. The van der Waals surface area contributed by atoms with Crippen molar-refractivity contribution in [3.05, 3.63) is 24.0 Å². The number of thiol groups is 1. The molecule has 2 N–H and O–H groups in total. The average molecular weight is 202 g/mol. The van der Waals surface area contributed by atoms with E-state index in [1.54, 1.807) is 0 Å². The summed E-state index contributed by atoms with van der Waals surface area (Å²) in [6.07, 6.45) is 0. The van der Waals surface area contributed by atoms with Gasteiger partial charge in [0.25, 0.3) is 0 Å². The molecule has 0 spiro atoms. The van der Waals surface area contributed by atoms with E-state index in [2.05, 4.69) is 12.6 Å². The summed E-state index contributed by atoms with van der Waals surface area (Å²) in [6, 6.07) is 4.06. The minimum Gasteiger partial charge on any atom is -0.398 e. The predicted molar refractivity (Wildman–Crippen MR) is 38.1 cm³/mol. The third kappa shape index (κ3) is 2.20. The Labute approximate surface area is 74.1 Å².